The van der Waals surface area contributed by atoms with E-state index in [9.17, 15) is 28.2 Å². The zero-order valence-corrected chi connectivity index (χ0v) is 18.5. The molecule has 4 atom stereocenters. The number of aliphatic hydroxyl groups excluding tert-OH is 2. The van der Waals surface area contributed by atoms with Crippen LogP contribution < -0.4 is 10.2 Å². The molecule has 2 aliphatic heterocycles. The van der Waals surface area contributed by atoms with Gasteiger partial charge in [0.15, 0.2) is 0 Å². The van der Waals surface area contributed by atoms with Crippen molar-refractivity contribution in [2.75, 3.05) is 44.2 Å². The van der Waals surface area contributed by atoms with Crippen molar-refractivity contribution >= 4 is 11.6 Å². The highest BCUT2D eigenvalue weighted by atomic mass is 19.4. The molecule has 0 bridgehead atoms. The Morgan fingerprint density at radius 2 is 1.65 bits per heavy atom. The number of alkyl halides is 3. The number of carbonyl (C=O) groups is 1. The Balaban J connectivity index is 1.38. The fourth-order valence-electron chi connectivity index (χ4n) is 4.62. The van der Waals surface area contributed by atoms with Crippen molar-refractivity contribution in [3.63, 3.8) is 0 Å². The first kappa shape index (κ1) is 24.5. The third-order valence-electron chi connectivity index (χ3n) is 6.44. The van der Waals surface area contributed by atoms with Crippen LogP contribution in [0.3, 0.4) is 0 Å². The lowest BCUT2D eigenvalue weighted by Crippen LogP contribution is -2.57. The van der Waals surface area contributed by atoms with Gasteiger partial charge in [-0.3, -0.25) is 9.69 Å². The Kier molecular flexibility index (Phi) is 7.42. The van der Waals surface area contributed by atoms with Gasteiger partial charge in [-0.25, -0.2) is 0 Å². The van der Waals surface area contributed by atoms with E-state index in [2.05, 4.69) is 15.1 Å². The van der Waals surface area contributed by atoms with Crippen LogP contribution in [0, 0.1) is 0 Å². The van der Waals surface area contributed by atoms with E-state index in [0.29, 0.717) is 13.1 Å². The minimum atomic E-state index is -4.47. The van der Waals surface area contributed by atoms with E-state index in [0.717, 1.165) is 43.0 Å². The zero-order chi connectivity index (χ0) is 24.3. The number of para-hydroxylation sites is 1. The first-order valence-electron chi connectivity index (χ1n) is 11.2. The maximum absolute atomic E-state index is 12.8. The van der Waals surface area contributed by atoms with E-state index >= 15 is 0 Å². The third kappa shape index (κ3) is 5.35. The maximum atomic E-state index is 12.8. The number of amides is 1. The lowest BCUT2D eigenvalue weighted by atomic mass is 10.0. The fourth-order valence-corrected chi connectivity index (χ4v) is 4.62. The first-order chi connectivity index (χ1) is 16.3. The number of rotatable bonds is 6. The molecule has 184 valence electrons. The van der Waals surface area contributed by atoms with Gasteiger partial charge < -0.3 is 25.2 Å². The molecule has 7 nitrogen and oxygen atoms in total. The summed E-state index contributed by atoms with van der Waals surface area (Å²) in [6, 6.07) is 13.6. The van der Waals surface area contributed by atoms with Crippen molar-refractivity contribution in [2.45, 2.75) is 30.5 Å². The number of carbonyl (C=O) groups excluding carboxylic acids is 1. The van der Waals surface area contributed by atoms with Gasteiger partial charge in [-0.15, -0.1) is 0 Å². The number of piperazine rings is 1. The van der Waals surface area contributed by atoms with Crippen molar-refractivity contribution in [1.82, 2.24) is 10.2 Å². The van der Waals surface area contributed by atoms with Crippen LogP contribution in [0.4, 0.5) is 18.9 Å². The van der Waals surface area contributed by atoms with Crippen LogP contribution in [0.25, 0.3) is 0 Å². The molecule has 2 aromatic rings. The third-order valence-corrected chi connectivity index (χ3v) is 6.44. The molecule has 0 aromatic heterocycles. The summed E-state index contributed by atoms with van der Waals surface area (Å²) in [7, 11) is 0. The number of hydrogen-bond donors (Lipinski definition) is 3. The van der Waals surface area contributed by atoms with Gasteiger partial charge in [0.25, 0.3) is 5.91 Å². The Hall–Kier alpha value is -2.66. The lowest BCUT2D eigenvalue weighted by molar-refractivity contribution is -0.137. The molecule has 2 aromatic carbocycles. The Labute approximate surface area is 195 Å². The summed E-state index contributed by atoms with van der Waals surface area (Å²) in [5.74, 6) is -0.535. The number of nitrogens with zero attached hydrogens (tertiary/aromatic N) is 2. The van der Waals surface area contributed by atoms with E-state index < -0.39 is 42.0 Å². The van der Waals surface area contributed by atoms with E-state index in [1.54, 1.807) is 0 Å². The highest BCUT2D eigenvalue weighted by molar-refractivity contribution is 5.94. The Bertz CT molecular complexity index is 950. The molecular weight excluding hydrogens is 451 g/mol. The van der Waals surface area contributed by atoms with Crippen LogP contribution in [-0.2, 0) is 10.9 Å². The second-order valence-corrected chi connectivity index (χ2v) is 8.52. The highest BCUT2D eigenvalue weighted by Crippen LogP contribution is 2.30. The number of halogens is 3. The van der Waals surface area contributed by atoms with Crippen LogP contribution in [0.2, 0.25) is 0 Å². The van der Waals surface area contributed by atoms with E-state index in [4.69, 9.17) is 4.74 Å². The lowest BCUT2D eigenvalue weighted by Gasteiger charge is -2.41. The van der Waals surface area contributed by atoms with Crippen molar-refractivity contribution in [3.05, 3.63) is 65.7 Å². The Morgan fingerprint density at radius 3 is 2.24 bits per heavy atom. The second-order valence-electron chi connectivity index (χ2n) is 8.52. The summed E-state index contributed by atoms with van der Waals surface area (Å²) in [4.78, 5) is 16.9. The van der Waals surface area contributed by atoms with Crippen molar-refractivity contribution < 1.29 is 32.9 Å². The fraction of sp³-hybridized carbons (Fsp3) is 0.458. The van der Waals surface area contributed by atoms with Gasteiger partial charge in [0.2, 0.25) is 0 Å². The topological polar surface area (TPSA) is 85.3 Å². The summed E-state index contributed by atoms with van der Waals surface area (Å²) in [6.07, 6.45) is -6.75. The number of ether oxygens (including phenoxy) is 1. The molecule has 4 unspecified atom stereocenters. The van der Waals surface area contributed by atoms with Crippen molar-refractivity contribution in [2.24, 2.45) is 0 Å². The molecule has 34 heavy (non-hydrogen) atoms. The molecule has 10 heteroatoms. The van der Waals surface area contributed by atoms with Gasteiger partial charge in [-0.2, -0.15) is 13.2 Å². The first-order valence-corrected chi connectivity index (χ1v) is 11.2. The molecule has 0 saturated carbocycles. The van der Waals surface area contributed by atoms with Crippen molar-refractivity contribution in [3.8, 4) is 0 Å². The normalized spacial score (nSPS) is 26.0. The number of anilines is 1. The van der Waals surface area contributed by atoms with E-state index in [-0.39, 0.29) is 18.7 Å². The second kappa shape index (κ2) is 10.3. The highest BCUT2D eigenvalue weighted by Gasteiger charge is 2.46. The zero-order valence-electron chi connectivity index (χ0n) is 18.5. The molecule has 2 aliphatic rings. The number of benzene rings is 2. The van der Waals surface area contributed by atoms with Crippen LogP contribution in [0.5, 0.6) is 0 Å². The molecule has 1 amide bonds. The smallest absolute Gasteiger partial charge is 0.394 e. The standard InChI is InChI=1S/C24H28F3N3O4/c25-24(26,27)17-8-6-16(7-9-17)23(33)28-14-19-21(22(32)20(15-31)34-19)30-12-10-29(11-13-30)18-4-2-1-3-5-18/h1-9,19-22,31-32H,10-15H2,(H,28,33). The van der Waals surface area contributed by atoms with Gasteiger partial charge in [0.05, 0.1) is 24.3 Å². The van der Waals surface area contributed by atoms with E-state index in [1.807, 2.05) is 30.3 Å². The number of nitrogens with one attached hydrogen (secondary N) is 1. The molecule has 0 spiro atoms. The average Bonchev–Trinajstić information content (AvgIpc) is 3.17. The van der Waals surface area contributed by atoms with Gasteiger partial charge >= 0.3 is 6.18 Å². The van der Waals surface area contributed by atoms with Crippen LogP contribution >= 0.6 is 0 Å². The van der Waals surface area contributed by atoms with Crippen LogP contribution in [0.15, 0.2) is 54.6 Å². The molecule has 0 aliphatic carbocycles. The summed E-state index contributed by atoms with van der Waals surface area (Å²) in [5.41, 5.74) is 0.393. The average molecular weight is 479 g/mol. The van der Waals surface area contributed by atoms with Gasteiger partial charge in [-0.05, 0) is 36.4 Å². The van der Waals surface area contributed by atoms with Crippen LogP contribution in [0.1, 0.15) is 15.9 Å². The monoisotopic (exact) mass is 479 g/mol. The minimum absolute atomic E-state index is 0.0526. The number of aliphatic hydroxyl groups is 2. The minimum Gasteiger partial charge on any atom is -0.394 e. The van der Waals surface area contributed by atoms with Gasteiger partial charge in [0.1, 0.15) is 12.2 Å². The summed E-state index contributed by atoms with van der Waals surface area (Å²) in [6.45, 7) is 2.54. The Morgan fingerprint density at radius 1 is 1.00 bits per heavy atom. The van der Waals surface area contributed by atoms with E-state index in [1.165, 1.54) is 0 Å². The molecule has 3 N–H and O–H groups in total. The largest absolute Gasteiger partial charge is 0.416 e. The predicted molar refractivity (Wildman–Crippen MR) is 120 cm³/mol. The summed E-state index contributed by atoms with van der Waals surface area (Å²) in [5, 5.41) is 23.1. The summed E-state index contributed by atoms with van der Waals surface area (Å²) >= 11 is 0. The summed E-state index contributed by atoms with van der Waals surface area (Å²) < 4.78 is 44.1. The maximum Gasteiger partial charge on any atom is 0.416 e. The molecule has 2 saturated heterocycles. The predicted octanol–water partition coefficient (Wildman–Crippen LogP) is 1.75. The van der Waals surface area contributed by atoms with Gasteiger partial charge in [-0.1, -0.05) is 18.2 Å². The molecule has 2 fully saturated rings. The van der Waals surface area contributed by atoms with Gasteiger partial charge in [0, 0.05) is 44.0 Å². The molecular formula is C24H28F3N3O4. The number of hydrogen-bond acceptors (Lipinski definition) is 6. The molecule has 2 heterocycles. The van der Waals surface area contributed by atoms with Crippen molar-refractivity contribution in [1.29, 1.82) is 0 Å². The SMILES string of the molecule is O=C(NCC1OC(CO)C(O)C1N1CCN(c2ccccc2)CC1)c1ccc(C(F)(F)F)cc1. The molecule has 4 rings (SSSR count). The van der Waals surface area contributed by atoms with Crippen LogP contribution in [-0.4, -0.2) is 84.7 Å². The molecule has 0 radical (unpaired) electrons. The quantitative estimate of drug-likeness (QED) is 0.586.